The first-order chi connectivity index (χ1) is 10.2. The molecule has 0 aliphatic heterocycles. The molecule has 4 heteroatoms. The molecular weight excluding hydrogens is 284 g/mol. The van der Waals surface area contributed by atoms with Gasteiger partial charge in [-0.15, -0.1) is 0 Å². The Kier molecular flexibility index (Phi) is 6.03. The van der Waals surface area contributed by atoms with Gasteiger partial charge in [-0.2, -0.15) is 0 Å². The second-order valence-electron chi connectivity index (χ2n) is 5.01. The summed E-state index contributed by atoms with van der Waals surface area (Å²) in [6.07, 6.45) is 4.67. The van der Waals surface area contributed by atoms with E-state index < -0.39 is 0 Å². The summed E-state index contributed by atoms with van der Waals surface area (Å²) in [5.74, 6) is 0.861. The van der Waals surface area contributed by atoms with E-state index >= 15 is 0 Å². The molecule has 2 rings (SSSR count). The van der Waals surface area contributed by atoms with E-state index in [9.17, 15) is 0 Å². The van der Waals surface area contributed by atoms with Crippen LogP contribution < -0.4 is 10.1 Å². The highest BCUT2D eigenvalue weighted by Gasteiger charge is 2.12. The van der Waals surface area contributed by atoms with Crippen LogP contribution in [0.5, 0.6) is 5.75 Å². The average Bonchev–Trinajstić information content (AvgIpc) is 2.52. The van der Waals surface area contributed by atoms with E-state index in [1.54, 1.807) is 6.20 Å². The fourth-order valence-electron chi connectivity index (χ4n) is 2.10. The van der Waals surface area contributed by atoms with Crippen molar-refractivity contribution in [2.24, 2.45) is 0 Å². The quantitative estimate of drug-likeness (QED) is 0.824. The van der Waals surface area contributed by atoms with Crippen LogP contribution in [0.25, 0.3) is 0 Å². The minimum atomic E-state index is 0.201. The Bertz CT molecular complexity index is 560. The molecule has 1 unspecified atom stereocenters. The van der Waals surface area contributed by atoms with Crippen molar-refractivity contribution in [2.75, 3.05) is 6.54 Å². The van der Waals surface area contributed by atoms with Crippen molar-refractivity contribution >= 4 is 11.6 Å². The Morgan fingerprint density at radius 1 is 1.33 bits per heavy atom. The molecule has 3 nitrogen and oxygen atoms in total. The van der Waals surface area contributed by atoms with Crippen molar-refractivity contribution in [1.29, 1.82) is 0 Å². The van der Waals surface area contributed by atoms with Crippen LogP contribution in [0.15, 0.2) is 42.7 Å². The second-order valence-corrected chi connectivity index (χ2v) is 5.44. The summed E-state index contributed by atoms with van der Waals surface area (Å²) in [6.45, 7) is 5.74. The number of pyridine rings is 1. The summed E-state index contributed by atoms with van der Waals surface area (Å²) in [6, 6.07) is 9.86. The van der Waals surface area contributed by atoms with Crippen molar-refractivity contribution in [3.63, 3.8) is 0 Å². The third-order valence-electron chi connectivity index (χ3n) is 3.26. The Hall–Kier alpha value is -1.58. The molecule has 0 bridgehead atoms. The molecule has 1 aromatic heterocycles. The maximum Gasteiger partial charge on any atom is 0.124 e. The van der Waals surface area contributed by atoms with E-state index in [2.05, 4.69) is 24.1 Å². The van der Waals surface area contributed by atoms with Crippen molar-refractivity contribution in [1.82, 2.24) is 10.3 Å². The minimum Gasteiger partial charge on any atom is -0.489 e. The van der Waals surface area contributed by atoms with Crippen LogP contribution in [0, 0.1) is 0 Å². The largest absolute Gasteiger partial charge is 0.489 e. The van der Waals surface area contributed by atoms with Crippen LogP contribution >= 0.6 is 11.6 Å². The van der Waals surface area contributed by atoms with Crippen LogP contribution in [-0.4, -0.2) is 11.5 Å². The number of ether oxygens (including phenoxy) is 1. The van der Waals surface area contributed by atoms with Gasteiger partial charge in [-0.25, -0.2) is 0 Å². The third-order valence-corrected chi connectivity index (χ3v) is 3.49. The first kappa shape index (κ1) is 15.8. The van der Waals surface area contributed by atoms with E-state index in [1.807, 2.05) is 36.5 Å². The smallest absolute Gasteiger partial charge is 0.124 e. The summed E-state index contributed by atoms with van der Waals surface area (Å²) >= 11 is 6.12. The fraction of sp³-hybridized carbons (Fsp3) is 0.353. The lowest BCUT2D eigenvalue weighted by Crippen LogP contribution is -2.20. The van der Waals surface area contributed by atoms with E-state index in [0.29, 0.717) is 6.61 Å². The maximum atomic E-state index is 6.12. The summed E-state index contributed by atoms with van der Waals surface area (Å²) in [7, 11) is 0. The Balaban J connectivity index is 2.11. The van der Waals surface area contributed by atoms with Gasteiger partial charge in [-0.1, -0.05) is 24.6 Å². The predicted molar refractivity (Wildman–Crippen MR) is 86.7 cm³/mol. The molecular formula is C17H21ClN2O. The molecule has 21 heavy (non-hydrogen) atoms. The number of nitrogens with one attached hydrogen (secondary N) is 1. The Morgan fingerprint density at radius 3 is 2.90 bits per heavy atom. The summed E-state index contributed by atoms with van der Waals surface area (Å²) in [4.78, 5) is 4.10. The summed E-state index contributed by atoms with van der Waals surface area (Å²) < 4.78 is 5.94. The molecule has 1 aromatic carbocycles. The molecule has 0 saturated carbocycles. The third kappa shape index (κ3) is 4.73. The first-order valence-electron chi connectivity index (χ1n) is 7.25. The van der Waals surface area contributed by atoms with Crippen molar-refractivity contribution in [3.05, 3.63) is 58.9 Å². The monoisotopic (exact) mass is 304 g/mol. The average molecular weight is 305 g/mol. The fourth-order valence-corrected chi connectivity index (χ4v) is 2.29. The van der Waals surface area contributed by atoms with Gasteiger partial charge in [0.05, 0.1) is 0 Å². The highest BCUT2D eigenvalue weighted by atomic mass is 35.5. The number of nitrogens with zero attached hydrogens (tertiary/aromatic N) is 1. The zero-order valence-corrected chi connectivity index (χ0v) is 13.2. The standard InChI is InChI=1S/C17H21ClN2O/c1-3-8-20-13(2)16-10-15(18)6-7-17(16)21-12-14-5-4-9-19-11-14/h4-7,9-11,13,20H,3,8,12H2,1-2H3. The van der Waals surface area contributed by atoms with Gasteiger partial charge < -0.3 is 10.1 Å². The topological polar surface area (TPSA) is 34.1 Å². The van der Waals surface area contributed by atoms with Gasteiger partial charge in [0.2, 0.25) is 0 Å². The number of benzene rings is 1. The molecule has 112 valence electrons. The summed E-state index contributed by atoms with van der Waals surface area (Å²) in [5.41, 5.74) is 2.13. The van der Waals surface area contributed by atoms with E-state index in [1.165, 1.54) is 0 Å². The van der Waals surface area contributed by atoms with Gasteiger partial charge in [0, 0.05) is 34.6 Å². The van der Waals surface area contributed by atoms with Crippen LogP contribution in [0.4, 0.5) is 0 Å². The van der Waals surface area contributed by atoms with Crippen molar-refractivity contribution in [3.8, 4) is 5.75 Å². The Morgan fingerprint density at radius 2 is 2.19 bits per heavy atom. The lowest BCUT2D eigenvalue weighted by Gasteiger charge is -2.18. The minimum absolute atomic E-state index is 0.201. The highest BCUT2D eigenvalue weighted by molar-refractivity contribution is 6.30. The van der Waals surface area contributed by atoms with Crippen LogP contribution in [-0.2, 0) is 6.61 Å². The molecule has 1 heterocycles. The molecule has 0 spiro atoms. The Labute approximate surface area is 131 Å². The molecule has 0 radical (unpaired) electrons. The molecule has 0 aliphatic carbocycles. The van der Waals surface area contributed by atoms with Crippen molar-refractivity contribution < 1.29 is 4.74 Å². The van der Waals surface area contributed by atoms with E-state index in [0.717, 1.165) is 34.9 Å². The van der Waals surface area contributed by atoms with Gasteiger partial charge in [0.25, 0.3) is 0 Å². The van der Waals surface area contributed by atoms with Crippen LogP contribution in [0.3, 0.4) is 0 Å². The molecule has 1 N–H and O–H groups in total. The zero-order valence-electron chi connectivity index (χ0n) is 12.5. The van der Waals surface area contributed by atoms with Gasteiger partial charge in [-0.3, -0.25) is 4.98 Å². The van der Waals surface area contributed by atoms with E-state index in [-0.39, 0.29) is 6.04 Å². The maximum absolute atomic E-state index is 6.12. The lowest BCUT2D eigenvalue weighted by molar-refractivity contribution is 0.299. The van der Waals surface area contributed by atoms with Gasteiger partial charge >= 0.3 is 0 Å². The zero-order chi connectivity index (χ0) is 15.1. The number of aromatic nitrogens is 1. The van der Waals surface area contributed by atoms with Gasteiger partial charge in [0.1, 0.15) is 12.4 Å². The molecule has 0 amide bonds. The normalized spacial score (nSPS) is 12.1. The highest BCUT2D eigenvalue weighted by Crippen LogP contribution is 2.29. The number of rotatable bonds is 7. The van der Waals surface area contributed by atoms with Crippen LogP contribution in [0.2, 0.25) is 5.02 Å². The SMILES string of the molecule is CCCNC(C)c1cc(Cl)ccc1OCc1cccnc1. The van der Waals surface area contributed by atoms with Crippen molar-refractivity contribution in [2.45, 2.75) is 32.9 Å². The van der Waals surface area contributed by atoms with Crippen LogP contribution in [0.1, 0.15) is 37.4 Å². The molecule has 0 aliphatic rings. The van der Waals surface area contributed by atoms with Gasteiger partial charge in [0.15, 0.2) is 0 Å². The lowest BCUT2D eigenvalue weighted by atomic mass is 10.1. The molecule has 1 atom stereocenters. The number of halogens is 1. The summed E-state index contributed by atoms with van der Waals surface area (Å²) in [5, 5.41) is 4.19. The number of hydrogen-bond acceptors (Lipinski definition) is 3. The first-order valence-corrected chi connectivity index (χ1v) is 7.63. The molecule has 0 saturated heterocycles. The predicted octanol–water partition coefficient (Wildman–Crippen LogP) is 4.37. The van der Waals surface area contributed by atoms with E-state index in [4.69, 9.17) is 16.3 Å². The molecule has 2 aromatic rings. The second kappa shape index (κ2) is 8.01. The number of hydrogen-bond donors (Lipinski definition) is 1. The van der Waals surface area contributed by atoms with Gasteiger partial charge in [-0.05, 0) is 44.2 Å². The molecule has 0 fully saturated rings.